The normalized spacial score (nSPS) is 16.9. The number of anilines is 1. The van der Waals surface area contributed by atoms with Gasteiger partial charge in [0, 0.05) is 44.8 Å². The quantitative estimate of drug-likeness (QED) is 0.432. The average molecular weight is 559 g/mol. The molecule has 208 valence electrons. The molecule has 0 unspecified atom stereocenters. The Morgan fingerprint density at radius 2 is 1.65 bits per heavy atom. The van der Waals surface area contributed by atoms with Crippen molar-refractivity contribution in [2.75, 3.05) is 51.3 Å². The highest BCUT2D eigenvalue weighted by Gasteiger charge is 2.31. The molecular formula is C31H34N4O4S. The summed E-state index contributed by atoms with van der Waals surface area (Å²) < 4.78 is 34.4. The second-order valence-corrected chi connectivity index (χ2v) is 12.3. The molecule has 2 heterocycles. The fourth-order valence-corrected chi connectivity index (χ4v) is 7.07. The molecular weight excluding hydrogens is 524 g/mol. The number of rotatable bonds is 7. The van der Waals surface area contributed by atoms with Crippen LogP contribution in [0.2, 0.25) is 0 Å². The molecule has 2 fully saturated rings. The molecule has 0 aliphatic carbocycles. The van der Waals surface area contributed by atoms with Crippen LogP contribution in [0.25, 0.3) is 0 Å². The number of carbonyl (C=O) groups is 1. The average Bonchev–Trinajstić information content (AvgIpc) is 3.01. The summed E-state index contributed by atoms with van der Waals surface area (Å²) in [5, 5.41) is 9.15. The monoisotopic (exact) mass is 558 g/mol. The van der Waals surface area contributed by atoms with Gasteiger partial charge in [-0.25, -0.2) is 8.42 Å². The highest BCUT2D eigenvalue weighted by atomic mass is 32.2. The van der Waals surface area contributed by atoms with Crippen molar-refractivity contribution in [2.45, 2.75) is 24.2 Å². The molecule has 8 nitrogen and oxygen atoms in total. The van der Waals surface area contributed by atoms with Crippen LogP contribution in [-0.4, -0.2) is 69.9 Å². The van der Waals surface area contributed by atoms with Crippen molar-refractivity contribution < 1.29 is 17.9 Å². The molecule has 0 spiro atoms. The molecule has 40 heavy (non-hydrogen) atoms. The molecule has 2 aliphatic heterocycles. The Hall–Kier alpha value is -3.87. The van der Waals surface area contributed by atoms with E-state index in [0.717, 1.165) is 19.3 Å². The smallest absolute Gasteiger partial charge is 0.254 e. The van der Waals surface area contributed by atoms with E-state index in [1.54, 1.807) is 58.8 Å². The van der Waals surface area contributed by atoms with Crippen molar-refractivity contribution in [3.8, 4) is 11.8 Å². The number of benzene rings is 3. The van der Waals surface area contributed by atoms with Gasteiger partial charge in [0.1, 0.15) is 5.75 Å². The lowest BCUT2D eigenvalue weighted by Gasteiger charge is -2.37. The summed E-state index contributed by atoms with van der Waals surface area (Å²) in [6.07, 6.45) is 2.65. The first-order valence-corrected chi connectivity index (χ1v) is 15.1. The number of nitrogens with zero attached hydrogens (tertiary/aromatic N) is 4. The summed E-state index contributed by atoms with van der Waals surface area (Å²) in [7, 11) is -2.08. The lowest BCUT2D eigenvalue weighted by atomic mass is 9.91. The number of piperazine rings is 1. The molecule has 2 saturated heterocycles. The minimum Gasteiger partial charge on any atom is -0.495 e. The number of piperidine rings is 1. The van der Waals surface area contributed by atoms with Crippen LogP contribution in [-0.2, 0) is 16.4 Å². The largest absolute Gasteiger partial charge is 0.495 e. The van der Waals surface area contributed by atoms with Crippen LogP contribution < -0.4 is 9.64 Å². The number of hydrogen-bond acceptors (Lipinski definition) is 6. The molecule has 2 aliphatic rings. The number of hydrogen-bond donors (Lipinski definition) is 0. The predicted molar refractivity (Wildman–Crippen MR) is 154 cm³/mol. The van der Waals surface area contributed by atoms with Gasteiger partial charge in [-0.3, -0.25) is 4.79 Å². The van der Waals surface area contributed by atoms with Crippen LogP contribution in [0.3, 0.4) is 0 Å². The van der Waals surface area contributed by atoms with E-state index in [0.29, 0.717) is 67.8 Å². The third-order valence-electron chi connectivity index (χ3n) is 7.87. The Balaban J connectivity index is 1.25. The number of amides is 1. The molecule has 3 aromatic rings. The molecule has 0 N–H and O–H groups in total. The van der Waals surface area contributed by atoms with Crippen molar-refractivity contribution in [3.63, 3.8) is 0 Å². The SMILES string of the molecule is COc1ccc(S(=O)(=O)N2CCC(Cc3ccccc3)CC2)cc1N1CCN(C(=O)c2cccc(C#N)c2)CC1. The zero-order valence-electron chi connectivity index (χ0n) is 22.7. The zero-order valence-corrected chi connectivity index (χ0v) is 23.5. The van der Waals surface area contributed by atoms with Gasteiger partial charge in [0.25, 0.3) is 5.91 Å². The van der Waals surface area contributed by atoms with E-state index < -0.39 is 10.0 Å². The lowest BCUT2D eigenvalue weighted by molar-refractivity contribution is 0.0746. The van der Waals surface area contributed by atoms with E-state index in [-0.39, 0.29) is 10.8 Å². The van der Waals surface area contributed by atoms with E-state index >= 15 is 0 Å². The van der Waals surface area contributed by atoms with Crippen LogP contribution >= 0.6 is 0 Å². The van der Waals surface area contributed by atoms with Gasteiger partial charge in [-0.05, 0) is 67.1 Å². The number of carbonyl (C=O) groups excluding carboxylic acids is 1. The van der Waals surface area contributed by atoms with Crippen LogP contribution in [0.15, 0.2) is 77.7 Å². The Bertz CT molecular complexity index is 1490. The minimum atomic E-state index is -3.65. The topological polar surface area (TPSA) is 94.0 Å². The second-order valence-electron chi connectivity index (χ2n) is 10.3. The van der Waals surface area contributed by atoms with Crippen LogP contribution in [0, 0.1) is 17.2 Å². The minimum absolute atomic E-state index is 0.115. The molecule has 3 aromatic carbocycles. The van der Waals surface area contributed by atoms with Crippen LogP contribution in [0.4, 0.5) is 5.69 Å². The molecule has 0 aromatic heterocycles. The zero-order chi connectivity index (χ0) is 28.1. The maximum Gasteiger partial charge on any atom is 0.254 e. The third kappa shape index (κ3) is 5.98. The van der Waals surface area contributed by atoms with Crippen LogP contribution in [0.5, 0.6) is 5.75 Å². The van der Waals surface area contributed by atoms with Gasteiger partial charge < -0.3 is 14.5 Å². The molecule has 9 heteroatoms. The number of nitriles is 1. The fraction of sp³-hybridized carbons (Fsp3) is 0.355. The first-order valence-electron chi connectivity index (χ1n) is 13.7. The molecule has 0 bridgehead atoms. The number of ether oxygens (including phenoxy) is 1. The summed E-state index contributed by atoms with van der Waals surface area (Å²) in [5.74, 6) is 0.958. The van der Waals surface area contributed by atoms with Gasteiger partial charge in [-0.15, -0.1) is 0 Å². The van der Waals surface area contributed by atoms with Crippen molar-refractivity contribution in [3.05, 3.63) is 89.5 Å². The summed E-state index contributed by atoms with van der Waals surface area (Å²) in [6.45, 7) is 3.04. The van der Waals surface area contributed by atoms with Gasteiger partial charge in [0.2, 0.25) is 10.0 Å². The Morgan fingerprint density at radius 3 is 2.33 bits per heavy atom. The molecule has 0 saturated carbocycles. The first-order chi connectivity index (χ1) is 19.4. The predicted octanol–water partition coefficient (Wildman–Crippen LogP) is 4.17. The van der Waals surface area contributed by atoms with Gasteiger partial charge in [0.15, 0.2) is 0 Å². The van der Waals surface area contributed by atoms with Gasteiger partial charge in [0.05, 0.1) is 29.3 Å². The highest BCUT2D eigenvalue weighted by Crippen LogP contribution is 2.34. The van der Waals surface area contributed by atoms with Crippen molar-refractivity contribution in [2.24, 2.45) is 5.92 Å². The van der Waals surface area contributed by atoms with E-state index in [9.17, 15) is 13.2 Å². The van der Waals surface area contributed by atoms with E-state index in [1.165, 1.54) is 5.56 Å². The Kier molecular flexibility index (Phi) is 8.38. The number of methoxy groups -OCH3 is 1. The molecule has 0 radical (unpaired) electrons. The maximum atomic E-state index is 13.6. The van der Waals surface area contributed by atoms with Gasteiger partial charge >= 0.3 is 0 Å². The van der Waals surface area contributed by atoms with E-state index in [2.05, 4.69) is 23.1 Å². The van der Waals surface area contributed by atoms with Crippen LogP contribution in [0.1, 0.15) is 34.3 Å². The second kappa shape index (κ2) is 12.1. The molecule has 5 rings (SSSR count). The Morgan fingerprint density at radius 1 is 0.925 bits per heavy atom. The highest BCUT2D eigenvalue weighted by molar-refractivity contribution is 7.89. The summed E-state index contributed by atoms with van der Waals surface area (Å²) in [6, 6.07) is 24.2. The van der Waals surface area contributed by atoms with Crippen molar-refractivity contribution in [1.82, 2.24) is 9.21 Å². The molecule has 0 atom stereocenters. The summed E-state index contributed by atoms with van der Waals surface area (Å²) in [4.78, 5) is 17.1. The van der Waals surface area contributed by atoms with Gasteiger partial charge in [-0.1, -0.05) is 36.4 Å². The summed E-state index contributed by atoms with van der Waals surface area (Å²) >= 11 is 0. The van der Waals surface area contributed by atoms with E-state index in [4.69, 9.17) is 10.00 Å². The maximum absolute atomic E-state index is 13.6. The van der Waals surface area contributed by atoms with Crippen molar-refractivity contribution in [1.29, 1.82) is 5.26 Å². The number of sulfonamides is 1. The lowest BCUT2D eigenvalue weighted by Crippen LogP contribution is -2.49. The Labute approximate surface area is 236 Å². The third-order valence-corrected chi connectivity index (χ3v) is 9.77. The first kappa shape index (κ1) is 27.7. The standard InChI is InChI=1S/C31H34N4O4S/c1-39-30-11-10-28(40(37,38)35-14-12-25(13-15-35)20-24-6-3-2-4-7-24)22-29(30)33-16-18-34(19-17-33)31(36)27-9-5-8-26(21-27)23-32/h2-11,21-22,25H,12-20H2,1H3. The van der Waals surface area contributed by atoms with E-state index in [1.807, 2.05) is 18.2 Å². The summed E-state index contributed by atoms with van der Waals surface area (Å²) in [5.41, 5.74) is 2.94. The van der Waals surface area contributed by atoms with Crippen molar-refractivity contribution >= 4 is 21.6 Å². The fourth-order valence-electron chi connectivity index (χ4n) is 5.58. The van der Waals surface area contributed by atoms with Gasteiger partial charge in [-0.2, -0.15) is 9.57 Å². The molecule has 1 amide bonds.